The Morgan fingerprint density at radius 2 is 1.46 bits per heavy atom. The molecule has 9 heteroatoms. The molecule has 1 fully saturated rings. The lowest BCUT2D eigenvalue weighted by Gasteiger charge is -2.35. The number of hydrogen-bond acceptors (Lipinski definition) is 5. The van der Waals surface area contributed by atoms with Crippen molar-refractivity contribution in [1.82, 2.24) is 14.1 Å². The number of fused-ring (bicyclic) bond motifs is 1. The molecule has 0 unspecified atom stereocenters. The van der Waals surface area contributed by atoms with E-state index in [1.165, 1.54) is 27.4 Å². The van der Waals surface area contributed by atoms with Crippen LogP contribution in [0.5, 0.6) is 0 Å². The van der Waals surface area contributed by atoms with Crippen molar-refractivity contribution < 1.29 is 22.4 Å². The topological polar surface area (TPSA) is 78.0 Å². The number of nitrogens with zero attached hydrogens (tertiary/aromatic N) is 3. The highest BCUT2D eigenvalue weighted by atomic mass is 32.2. The highest BCUT2D eigenvalue weighted by Crippen LogP contribution is 2.23. The normalized spacial score (nSPS) is 18.5. The van der Waals surface area contributed by atoms with E-state index in [4.69, 9.17) is 0 Å². The molecule has 7 nitrogen and oxygen atoms in total. The Morgan fingerprint density at radius 3 is 2.04 bits per heavy atom. The van der Waals surface area contributed by atoms with Crippen LogP contribution in [0.25, 0.3) is 0 Å². The van der Waals surface area contributed by atoms with Gasteiger partial charge in [0.25, 0.3) is 11.8 Å². The van der Waals surface area contributed by atoms with Crippen molar-refractivity contribution in [2.75, 3.05) is 32.8 Å². The first kappa shape index (κ1) is 18.7. The molecule has 1 saturated heterocycles. The maximum atomic E-state index is 13.4. The molecular weight excluding hydrogens is 385 g/mol. The van der Waals surface area contributed by atoms with Crippen molar-refractivity contribution in [2.24, 2.45) is 0 Å². The molecule has 4 rings (SSSR count). The standard InChI is InChI=1S/C19H18FN3O4S/c20-14-4-3-5-15(12-14)28(26,27)22-10-8-21(9-11-22)13-23-18(24)16-6-1-2-7-17(16)19(23)25/h1-7,12H,8-11,13H2. The third kappa shape index (κ3) is 3.21. The van der Waals surface area contributed by atoms with Crippen molar-refractivity contribution in [2.45, 2.75) is 4.90 Å². The Kier molecular flexibility index (Phi) is 4.74. The number of carbonyl (C=O) groups is 2. The molecular formula is C19H18FN3O4S. The summed E-state index contributed by atoms with van der Waals surface area (Å²) in [7, 11) is -3.78. The first-order valence-corrected chi connectivity index (χ1v) is 10.3. The van der Waals surface area contributed by atoms with Gasteiger partial charge in [0.05, 0.1) is 22.7 Å². The minimum Gasteiger partial charge on any atom is -0.283 e. The molecule has 0 saturated carbocycles. The maximum Gasteiger partial charge on any atom is 0.262 e. The number of halogens is 1. The van der Waals surface area contributed by atoms with Crippen LogP contribution in [0, 0.1) is 5.82 Å². The third-order valence-corrected chi connectivity index (χ3v) is 6.88. The molecule has 146 valence electrons. The summed E-state index contributed by atoms with van der Waals surface area (Å²) in [6, 6.07) is 11.6. The molecule has 0 spiro atoms. The maximum absolute atomic E-state index is 13.4. The Hall–Kier alpha value is -2.62. The van der Waals surface area contributed by atoms with E-state index in [1.807, 2.05) is 4.90 Å². The fourth-order valence-electron chi connectivity index (χ4n) is 3.46. The van der Waals surface area contributed by atoms with Gasteiger partial charge in [0, 0.05) is 26.2 Å². The Morgan fingerprint density at radius 1 is 0.857 bits per heavy atom. The first-order valence-electron chi connectivity index (χ1n) is 8.81. The zero-order chi connectivity index (χ0) is 19.9. The number of piperazine rings is 1. The molecule has 2 aliphatic heterocycles. The Balaban J connectivity index is 1.41. The van der Waals surface area contributed by atoms with Gasteiger partial charge in [-0.3, -0.25) is 19.4 Å². The van der Waals surface area contributed by atoms with E-state index in [0.29, 0.717) is 24.2 Å². The monoisotopic (exact) mass is 403 g/mol. The molecule has 0 N–H and O–H groups in total. The molecule has 0 aromatic heterocycles. The quantitative estimate of drug-likeness (QED) is 0.721. The number of carbonyl (C=O) groups excluding carboxylic acids is 2. The van der Waals surface area contributed by atoms with Gasteiger partial charge < -0.3 is 0 Å². The van der Waals surface area contributed by atoms with Gasteiger partial charge in [0.15, 0.2) is 0 Å². The first-order chi connectivity index (χ1) is 13.4. The summed E-state index contributed by atoms with van der Waals surface area (Å²) in [6.45, 7) is 1.23. The third-order valence-electron chi connectivity index (χ3n) is 4.98. The Bertz CT molecular complexity index is 1010. The van der Waals surface area contributed by atoms with Gasteiger partial charge in [-0.1, -0.05) is 18.2 Å². The van der Waals surface area contributed by atoms with Gasteiger partial charge in [0.2, 0.25) is 10.0 Å². The van der Waals surface area contributed by atoms with Crippen LogP contribution in [0.3, 0.4) is 0 Å². The van der Waals surface area contributed by atoms with E-state index >= 15 is 0 Å². The summed E-state index contributed by atoms with van der Waals surface area (Å²) in [4.78, 5) is 27.9. The second kappa shape index (κ2) is 7.08. The smallest absolute Gasteiger partial charge is 0.262 e. The summed E-state index contributed by atoms with van der Waals surface area (Å²) >= 11 is 0. The predicted molar refractivity (Wildman–Crippen MR) is 98.5 cm³/mol. The van der Waals surface area contributed by atoms with Crippen molar-refractivity contribution in [3.8, 4) is 0 Å². The molecule has 0 bridgehead atoms. The molecule has 0 aliphatic carbocycles. The highest BCUT2D eigenvalue weighted by Gasteiger charge is 2.37. The summed E-state index contributed by atoms with van der Waals surface area (Å²) in [5, 5.41) is 0. The zero-order valence-electron chi connectivity index (χ0n) is 14.9. The number of imide groups is 1. The number of hydrogen-bond donors (Lipinski definition) is 0. The van der Waals surface area contributed by atoms with E-state index in [0.717, 1.165) is 6.07 Å². The Labute approximate surface area is 162 Å². The van der Waals surface area contributed by atoms with Crippen LogP contribution in [0.1, 0.15) is 20.7 Å². The highest BCUT2D eigenvalue weighted by molar-refractivity contribution is 7.89. The molecule has 2 aromatic rings. The number of benzene rings is 2. The van der Waals surface area contributed by atoms with E-state index in [2.05, 4.69) is 0 Å². The van der Waals surface area contributed by atoms with Crippen LogP contribution in [-0.4, -0.2) is 67.2 Å². The van der Waals surface area contributed by atoms with Crippen molar-refractivity contribution in [3.05, 3.63) is 65.5 Å². The summed E-state index contributed by atoms with van der Waals surface area (Å²) in [5.74, 6) is -1.28. The van der Waals surface area contributed by atoms with Crippen LogP contribution in [0.4, 0.5) is 4.39 Å². The van der Waals surface area contributed by atoms with Gasteiger partial charge in [-0.05, 0) is 30.3 Å². The molecule has 2 heterocycles. The summed E-state index contributed by atoms with van der Waals surface area (Å²) in [6.07, 6.45) is 0. The van der Waals surface area contributed by atoms with Crippen LogP contribution in [-0.2, 0) is 10.0 Å². The van der Waals surface area contributed by atoms with Crippen LogP contribution in [0.2, 0.25) is 0 Å². The second-order valence-corrected chi connectivity index (χ2v) is 8.64. The van der Waals surface area contributed by atoms with Gasteiger partial charge in [-0.25, -0.2) is 12.8 Å². The molecule has 2 aliphatic rings. The molecule has 2 aromatic carbocycles. The minimum atomic E-state index is -3.78. The van der Waals surface area contributed by atoms with E-state index in [9.17, 15) is 22.4 Å². The average Bonchev–Trinajstić information content (AvgIpc) is 2.94. The van der Waals surface area contributed by atoms with Gasteiger partial charge in [0.1, 0.15) is 5.82 Å². The molecule has 2 amide bonds. The predicted octanol–water partition coefficient (Wildman–Crippen LogP) is 1.39. The van der Waals surface area contributed by atoms with Gasteiger partial charge >= 0.3 is 0 Å². The minimum absolute atomic E-state index is 0.0821. The van der Waals surface area contributed by atoms with Crippen molar-refractivity contribution >= 4 is 21.8 Å². The van der Waals surface area contributed by atoms with Crippen LogP contribution in [0.15, 0.2) is 53.4 Å². The van der Waals surface area contributed by atoms with E-state index < -0.39 is 15.8 Å². The van der Waals surface area contributed by atoms with E-state index in [-0.39, 0.29) is 36.5 Å². The molecule has 0 radical (unpaired) electrons. The van der Waals surface area contributed by atoms with Gasteiger partial charge in [-0.2, -0.15) is 4.31 Å². The lowest BCUT2D eigenvalue weighted by Crippen LogP contribution is -2.52. The summed E-state index contributed by atoms with van der Waals surface area (Å²) in [5.41, 5.74) is 0.777. The number of amides is 2. The lowest BCUT2D eigenvalue weighted by atomic mass is 10.1. The largest absolute Gasteiger partial charge is 0.283 e. The second-order valence-electron chi connectivity index (χ2n) is 6.70. The van der Waals surface area contributed by atoms with Crippen molar-refractivity contribution in [1.29, 1.82) is 0 Å². The van der Waals surface area contributed by atoms with E-state index in [1.54, 1.807) is 24.3 Å². The SMILES string of the molecule is O=C1c2ccccc2C(=O)N1CN1CCN(S(=O)(=O)c2cccc(F)c2)CC1. The molecule has 0 atom stereocenters. The number of rotatable bonds is 4. The fourth-order valence-corrected chi connectivity index (χ4v) is 4.91. The zero-order valence-corrected chi connectivity index (χ0v) is 15.7. The lowest BCUT2D eigenvalue weighted by molar-refractivity contribution is 0.0500. The average molecular weight is 403 g/mol. The van der Waals surface area contributed by atoms with Crippen LogP contribution < -0.4 is 0 Å². The fraction of sp³-hybridized carbons (Fsp3) is 0.263. The van der Waals surface area contributed by atoms with Gasteiger partial charge in [-0.15, -0.1) is 0 Å². The number of sulfonamides is 1. The van der Waals surface area contributed by atoms with Crippen LogP contribution >= 0.6 is 0 Å². The molecule has 28 heavy (non-hydrogen) atoms. The summed E-state index contributed by atoms with van der Waals surface area (Å²) < 4.78 is 40.0. The van der Waals surface area contributed by atoms with Crippen molar-refractivity contribution in [3.63, 3.8) is 0 Å².